The molecule has 0 saturated carbocycles. The Labute approximate surface area is 381 Å². The fraction of sp³-hybridized carbons (Fsp3) is 0.422. The molecule has 6 rings (SSSR count). The molecule has 0 aromatic carbocycles. The quantitative estimate of drug-likeness (QED) is 0.0920. The normalized spacial score (nSPS) is 28.7. The average molecular weight is 937 g/mol. The zero-order valence-electron chi connectivity index (χ0n) is 36.7. The lowest BCUT2D eigenvalue weighted by Gasteiger charge is -2.38. The molecule has 2 fully saturated rings. The van der Waals surface area contributed by atoms with Gasteiger partial charge in [0, 0.05) is 64.5 Å². The Hall–Kier alpha value is -6.50. The number of H-pyrrole nitrogens is 2. The van der Waals surface area contributed by atoms with Crippen LogP contribution in [-0.2, 0) is 67.0 Å². The van der Waals surface area contributed by atoms with Crippen LogP contribution in [0.2, 0.25) is 0 Å². The Morgan fingerprint density at radius 1 is 0.612 bits per heavy atom. The van der Waals surface area contributed by atoms with Crippen molar-refractivity contribution in [1.29, 1.82) is 0 Å². The van der Waals surface area contributed by atoms with Crippen LogP contribution in [-0.4, -0.2) is 148 Å². The second kappa shape index (κ2) is 20.2. The average Bonchev–Trinajstić information content (AvgIpc) is 3.92. The molecule has 22 heteroatoms. The summed E-state index contributed by atoms with van der Waals surface area (Å²) in [5.74, 6) is -5.99. The minimum atomic E-state index is -2.09. The molecular weight excluding hydrogens is 885 g/mol. The van der Waals surface area contributed by atoms with E-state index in [0.717, 1.165) is 0 Å². The number of aromatic nitrogens is 2. The molecule has 2 amide bonds. The van der Waals surface area contributed by atoms with Crippen LogP contribution in [0, 0.1) is 13.8 Å². The largest absolute Gasteiger partial charge is 0.479 e. The van der Waals surface area contributed by atoms with Crippen molar-refractivity contribution in [2.45, 2.75) is 121 Å². The van der Waals surface area contributed by atoms with Crippen LogP contribution < -0.4 is 10.6 Å². The van der Waals surface area contributed by atoms with Crippen LogP contribution in [0.4, 0.5) is 0 Å². The lowest BCUT2D eigenvalue weighted by Crippen LogP contribution is -2.61. The van der Waals surface area contributed by atoms with Crippen LogP contribution in [0.1, 0.15) is 71.7 Å². The standard InChI is InChI=1S/C45H52N4O18/c1-7-20-19(6)40(56)49-27(20)14-25-18(5)23(10-12-31(51)65-37-33(53)39(43(60)61)67-45(63)35(37)55)29(47-25)15-28-22(17(4)24(46-28)13-26-16(3)21(8-2)41(57)48-26)9-11-30(50)64-36-32(52)38(42(58)59)66-44(62)34(36)54/h7-8,13-14,32-39,44-47,52-55,62-63H,1-2,9-12,15H2,3-6H3,(H,48,57)(H,49,56)(H,58,59)(H,60,61)/b26-13-,27-14-/t32-,33-,34+,35+,36-,37-,38-,39-,44+,45+/m0/s1. The van der Waals surface area contributed by atoms with Gasteiger partial charge in [-0.2, -0.15) is 0 Å². The molecule has 4 aliphatic heterocycles. The van der Waals surface area contributed by atoms with Crippen molar-refractivity contribution in [2.24, 2.45) is 0 Å². The van der Waals surface area contributed by atoms with Gasteiger partial charge in [-0.25, -0.2) is 9.59 Å². The number of carboxylic acid groups (broad SMARTS) is 2. The highest BCUT2D eigenvalue weighted by Gasteiger charge is 2.50. The molecule has 0 spiro atoms. The Morgan fingerprint density at radius 3 is 1.43 bits per heavy atom. The minimum Gasteiger partial charge on any atom is -0.479 e. The van der Waals surface area contributed by atoms with Crippen LogP contribution >= 0.6 is 0 Å². The van der Waals surface area contributed by atoms with Gasteiger partial charge in [-0.05, 0) is 80.5 Å². The summed E-state index contributed by atoms with van der Waals surface area (Å²) in [4.78, 5) is 82.1. The third-order valence-electron chi connectivity index (χ3n) is 12.2. The Balaban J connectivity index is 1.36. The highest BCUT2D eigenvalue weighted by atomic mass is 16.7. The van der Waals surface area contributed by atoms with E-state index in [4.69, 9.17) is 18.9 Å². The molecule has 2 aromatic heterocycles. The summed E-state index contributed by atoms with van der Waals surface area (Å²) in [6.07, 6.45) is -14.4. The summed E-state index contributed by atoms with van der Waals surface area (Å²) in [6, 6.07) is 0. The number of aliphatic hydroxyl groups excluding tert-OH is 6. The molecule has 4 aliphatic rings. The van der Waals surface area contributed by atoms with Gasteiger partial charge in [0.2, 0.25) is 0 Å². The molecule has 0 bridgehead atoms. The molecule has 2 aromatic rings. The van der Waals surface area contributed by atoms with E-state index in [9.17, 15) is 69.6 Å². The van der Waals surface area contributed by atoms with Crippen molar-refractivity contribution in [2.75, 3.05) is 0 Å². The second-order valence-corrected chi connectivity index (χ2v) is 16.4. The maximum atomic E-state index is 13.4. The molecule has 0 unspecified atom stereocenters. The topological polar surface area (TPSA) is 357 Å². The molecular formula is C45H52N4O18. The number of carbonyl (C=O) groups is 6. The highest BCUT2D eigenvalue weighted by molar-refractivity contribution is 6.03. The van der Waals surface area contributed by atoms with Crippen molar-refractivity contribution in [3.05, 3.63) is 104 Å². The number of amides is 2. The molecule has 12 N–H and O–H groups in total. The number of carboxylic acids is 2. The SMILES string of the molecule is C=CC1=C(C)/C(=C/c2[nH]c(Cc3[nH]c(/C=C4\NC(=O)C(C)=C4C=C)c(C)c3CCC(=O)O[C@@H]3[C@@H](O)[C@H](O)O[C@H](C(=O)O)[C@H]3O)c(CCC(=O)O[C@@H]3[C@@H](O)[C@H](O)O[C@H](C(=O)O)[C@H]3O)c2C)NC1=O. The third kappa shape index (κ3) is 10.1. The van der Waals surface area contributed by atoms with Gasteiger partial charge in [-0.15, -0.1) is 0 Å². The van der Waals surface area contributed by atoms with Crippen molar-refractivity contribution in [3.63, 3.8) is 0 Å². The van der Waals surface area contributed by atoms with Gasteiger partial charge in [0.05, 0.1) is 5.70 Å². The van der Waals surface area contributed by atoms with Gasteiger partial charge in [0.1, 0.15) is 24.4 Å². The van der Waals surface area contributed by atoms with Gasteiger partial charge < -0.3 is 80.4 Å². The molecule has 0 aliphatic carbocycles. The van der Waals surface area contributed by atoms with Crippen LogP contribution in [0.25, 0.3) is 12.2 Å². The first-order valence-corrected chi connectivity index (χ1v) is 21.0. The fourth-order valence-corrected chi connectivity index (χ4v) is 8.41. The van der Waals surface area contributed by atoms with Crippen molar-refractivity contribution >= 4 is 47.8 Å². The number of aliphatic carboxylic acids is 2. The van der Waals surface area contributed by atoms with Gasteiger partial charge in [-0.1, -0.05) is 25.3 Å². The summed E-state index contributed by atoms with van der Waals surface area (Å²) in [5, 5.41) is 86.7. The molecule has 67 heavy (non-hydrogen) atoms. The first-order valence-electron chi connectivity index (χ1n) is 21.0. The molecule has 6 heterocycles. The predicted octanol–water partition coefficient (Wildman–Crippen LogP) is -0.767. The summed E-state index contributed by atoms with van der Waals surface area (Å²) >= 11 is 0. The number of hydrogen-bond acceptors (Lipinski definition) is 16. The zero-order chi connectivity index (χ0) is 49.3. The summed E-state index contributed by atoms with van der Waals surface area (Å²) in [6.45, 7) is 14.4. The van der Waals surface area contributed by atoms with E-state index in [2.05, 4.69) is 33.8 Å². The van der Waals surface area contributed by atoms with E-state index in [-0.39, 0.29) is 37.5 Å². The lowest BCUT2D eigenvalue weighted by molar-refractivity contribution is -0.283. The summed E-state index contributed by atoms with van der Waals surface area (Å²) in [5.41, 5.74) is 7.24. The van der Waals surface area contributed by atoms with Gasteiger partial charge in [0.15, 0.2) is 37.0 Å². The van der Waals surface area contributed by atoms with Crippen LogP contribution in [0.3, 0.4) is 0 Å². The third-order valence-corrected chi connectivity index (χ3v) is 12.2. The minimum absolute atomic E-state index is 0.0465. The smallest absolute Gasteiger partial charge is 0.335 e. The summed E-state index contributed by atoms with van der Waals surface area (Å²) < 4.78 is 20.2. The Bertz CT molecular complexity index is 2530. The number of aliphatic hydroxyl groups is 6. The van der Waals surface area contributed by atoms with E-state index in [1.165, 1.54) is 12.2 Å². The fourth-order valence-electron chi connectivity index (χ4n) is 8.41. The molecule has 10 atom stereocenters. The Morgan fingerprint density at radius 2 is 1.03 bits per heavy atom. The number of carbonyl (C=O) groups excluding carboxylic acids is 4. The number of rotatable bonds is 16. The number of hydrogen-bond donors (Lipinski definition) is 12. The number of allylic oxidation sites excluding steroid dienone is 2. The van der Waals surface area contributed by atoms with Crippen molar-refractivity contribution in [1.82, 2.24) is 20.6 Å². The molecule has 0 radical (unpaired) electrons. The Kier molecular flexibility index (Phi) is 15.0. The van der Waals surface area contributed by atoms with Crippen molar-refractivity contribution < 1.29 is 88.6 Å². The van der Waals surface area contributed by atoms with E-state index >= 15 is 0 Å². The van der Waals surface area contributed by atoms with Crippen molar-refractivity contribution in [3.8, 4) is 0 Å². The monoisotopic (exact) mass is 936 g/mol. The first-order chi connectivity index (χ1) is 31.6. The number of nitrogens with one attached hydrogen (secondary N) is 4. The maximum absolute atomic E-state index is 13.4. The van der Waals surface area contributed by atoms with Gasteiger partial charge >= 0.3 is 23.9 Å². The van der Waals surface area contributed by atoms with Gasteiger partial charge in [-0.3, -0.25) is 19.2 Å². The van der Waals surface area contributed by atoms with Crippen LogP contribution in [0.5, 0.6) is 0 Å². The second-order valence-electron chi connectivity index (χ2n) is 16.4. The molecule has 22 nitrogen and oxygen atoms in total. The van der Waals surface area contributed by atoms with E-state index in [1.54, 1.807) is 39.8 Å². The number of ether oxygens (including phenoxy) is 4. The lowest BCUT2D eigenvalue weighted by atomic mass is 9.97. The molecule has 2 saturated heterocycles. The molecule has 360 valence electrons. The van der Waals surface area contributed by atoms with Gasteiger partial charge in [0.25, 0.3) is 11.8 Å². The zero-order valence-corrected chi connectivity index (χ0v) is 36.7. The first kappa shape index (κ1) is 49.9. The number of aromatic amines is 2. The van der Waals surface area contributed by atoms with E-state index < -0.39 is 91.7 Å². The summed E-state index contributed by atoms with van der Waals surface area (Å²) in [7, 11) is 0. The van der Waals surface area contributed by atoms with E-state index in [1.807, 2.05) is 0 Å². The van der Waals surface area contributed by atoms with Crippen LogP contribution in [0.15, 0.2) is 59.0 Å². The maximum Gasteiger partial charge on any atom is 0.335 e. The highest BCUT2D eigenvalue weighted by Crippen LogP contribution is 2.33. The number of esters is 2. The van der Waals surface area contributed by atoms with E-state index in [0.29, 0.717) is 78.7 Å². The predicted molar refractivity (Wildman–Crippen MR) is 229 cm³/mol.